The Bertz CT molecular complexity index is 146. The molecule has 0 aromatic carbocycles. The van der Waals surface area contributed by atoms with Crippen molar-refractivity contribution in [2.24, 2.45) is 11.8 Å². The van der Waals surface area contributed by atoms with E-state index in [1.807, 2.05) is 0 Å². The summed E-state index contributed by atoms with van der Waals surface area (Å²) in [5.41, 5.74) is 0. The summed E-state index contributed by atoms with van der Waals surface area (Å²) in [6.45, 7) is 9.10. The van der Waals surface area contributed by atoms with E-state index < -0.39 is 0 Å². The van der Waals surface area contributed by atoms with Crippen molar-refractivity contribution in [3.8, 4) is 0 Å². The predicted molar refractivity (Wildman–Crippen MR) is 49.1 cm³/mol. The minimum atomic E-state index is 0.716. The van der Waals surface area contributed by atoms with E-state index in [0.717, 1.165) is 25.0 Å². The van der Waals surface area contributed by atoms with E-state index in [0.29, 0.717) is 6.04 Å². The van der Waals surface area contributed by atoms with Crippen molar-refractivity contribution in [3.05, 3.63) is 0 Å². The molecule has 0 spiro atoms. The summed E-state index contributed by atoms with van der Waals surface area (Å²) in [4.78, 5) is 2.60. The van der Waals surface area contributed by atoms with Crippen LogP contribution < -0.4 is 0 Å². The number of nitrogens with zero attached hydrogens (tertiary/aromatic N) is 1. The highest BCUT2D eigenvalue weighted by atomic mass is 16.5. The summed E-state index contributed by atoms with van der Waals surface area (Å²) in [5.74, 6) is 1.64. The van der Waals surface area contributed by atoms with Crippen molar-refractivity contribution in [1.82, 2.24) is 4.90 Å². The van der Waals surface area contributed by atoms with Crippen LogP contribution in [0.4, 0.5) is 0 Å². The van der Waals surface area contributed by atoms with Crippen LogP contribution in [0.2, 0.25) is 0 Å². The summed E-state index contributed by atoms with van der Waals surface area (Å²) in [6.07, 6.45) is 1.41. The monoisotopic (exact) mass is 169 g/mol. The van der Waals surface area contributed by atoms with Gasteiger partial charge in [0.05, 0.1) is 13.2 Å². The molecule has 2 rings (SSSR count). The van der Waals surface area contributed by atoms with Crippen LogP contribution in [-0.4, -0.2) is 37.2 Å². The Hall–Kier alpha value is -0.0800. The van der Waals surface area contributed by atoms with Gasteiger partial charge < -0.3 is 9.64 Å². The lowest BCUT2D eigenvalue weighted by Gasteiger charge is -2.42. The molecule has 2 bridgehead atoms. The molecule has 2 nitrogen and oxygen atoms in total. The molecule has 70 valence electrons. The van der Waals surface area contributed by atoms with Gasteiger partial charge in [-0.3, -0.25) is 0 Å². The standard InChI is InChI=1S/C10H19NO/c1-8(2)11-4-9-3-10(5-11)7-12-6-9/h8-10H,3-7H2,1-2H3/t9-,10+. The molecule has 0 unspecified atom stereocenters. The Labute approximate surface area is 74.9 Å². The van der Waals surface area contributed by atoms with Gasteiger partial charge in [-0.15, -0.1) is 0 Å². The van der Waals surface area contributed by atoms with E-state index in [1.165, 1.54) is 19.5 Å². The van der Waals surface area contributed by atoms with Crippen LogP contribution in [0.15, 0.2) is 0 Å². The van der Waals surface area contributed by atoms with Crippen LogP contribution >= 0.6 is 0 Å². The van der Waals surface area contributed by atoms with Gasteiger partial charge in [0.15, 0.2) is 0 Å². The van der Waals surface area contributed by atoms with Gasteiger partial charge in [0.2, 0.25) is 0 Å². The summed E-state index contributed by atoms with van der Waals surface area (Å²) >= 11 is 0. The number of hydrogen-bond acceptors (Lipinski definition) is 2. The quantitative estimate of drug-likeness (QED) is 0.587. The Morgan fingerprint density at radius 2 is 1.75 bits per heavy atom. The normalized spacial score (nSPS) is 37.2. The highest BCUT2D eigenvalue weighted by Gasteiger charge is 2.31. The van der Waals surface area contributed by atoms with Gasteiger partial charge in [-0.1, -0.05) is 0 Å². The first kappa shape index (κ1) is 8.52. The molecule has 2 aliphatic rings. The zero-order valence-electron chi connectivity index (χ0n) is 8.12. The molecule has 0 saturated carbocycles. The van der Waals surface area contributed by atoms with Crippen molar-refractivity contribution in [3.63, 3.8) is 0 Å². The van der Waals surface area contributed by atoms with Crippen LogP contribution in [0.5, 0.6) is 0 Å². The topological polar surface area (TPSA) is 12.5 Å². The van der Waals surface area contributed by atoms with Gasteiger partial charge in [0, 0.05) is 19.1 Å². The molecule has 0 amide bonds. The Kier molecular flexibility index (Phi) is 2.37. The van der Waals surface area contributed by atoms with Gasteiger partial charge in [0.25, 0.3) is 0 Å². The van der Waals surface area contributed by atoms with Crippen molar-refractivity contribution in [2.45, 2.75) is 26.3 Å². The number of hydrogen-bond donors (Lipinski definition) is 0. The molecule has 2 atom stereocenters. The minimum absolute atomic E-state index is 0.716. The van der Waals surface area contributed by atoms with Crippen LogP contribution in [0.1, 0.15) is 20.3 Å². The third kappa shape index (κ3) is 1.64. The number of fused-ring (bicyclic) bond motifs is 2. The molecule has 0 aliphatic carbocycles. The molecule has 0 radical (unpaired) electrons. The van der Waals surface area contributed by atoms with Crippen molar-refractivity contribution in [1.29, 1.82) is 0 Å². The maximum absolute atomic E-state index is 5.54. The third-order valence-electron chi connectivity index (χ3n) is 3.09. The average molecular weight is 169 g/mol. The van der Waals surface area contributed by atoms with Crippen molar-refractivity contribution < 1.29 is 4.74 Å². The predicted octanol–water partition coefficient (Wildman–Crippen LogP) is 1.36. The van der Waals surface area contributed by atoms with E-state index in [2.05, 4.69) is 18.7 Å². The van der Waals surface area contributed by atoms with Crippen LogP contribution in [-0.2, 0) is 4.74 Å². The molecule has 2 saturated heterocycles. The maximum atomic E-state index is 5.54. The lowest BCUT2D eigenvalue weighted by Crippen LogP contribution is -2.49. The number of piperidine rings is 1. The van der Waals surface area contributed by atoms with E-state index in [4.69, 9.17) is 4.74 Å². The number of ether oxygens (including phenoxy) is 1. The zero-order chi connectivity index (χ0) is 8.55. The van der Waals surface area contributed by atoms with Gasteiger partial charge in [-0.2, -0.15) is 0 Å². The molecule has 12 heavy (non-hydrogen) atoms. The Morgan fingerprint density at radius 1 is 1.17 bits per heavy atom. The summed E-state index contributed by atoms with van der Waals surface area (Å²) in [6, 6.07) is 0.716. The highest BCUT2D eigenvalue weighted by Crippen LogP contribution is 2.27. The number of likely N-dealkylation sites (tertiary alicyclic amines) is 1. The van der Waals surface area contributed by atoms with Gasteiger partial charge in [-0.05, 0) is 32.1 Å². The fraction of sp³-hybridized carbons (Fsp3) is 1.00. The van der Waals surface area contributed by atoms with Gasteiger partial charge in [0.1, 0.15) is 0 Å². The minimum Gasteiger partial charge on any atom is -0.381 e. The second kappa shape index (κ2) is 3.35. The lowest BCUT2D eigenvalue weighted by atomic mass is 9.87. The van der Waals surface area contributed by atoms with Crippen molar-refractivity contribution in [2.75, 3.05) is 26.3 Å². The molecule has 0 aromatic rings. The first-order valence-electron chi connectivity index (χ1n) is 5.07. The highest BCUT2D eigenvalue weighted by molar-refractivity contribution is 4.83. The fourth-order valence-electron chi connectivity index (χ4n) is 2.42. The third-order valence-corrected chi connectivity index (χ3v) is 3.09. The SMILES string of the molecule is CC(C)N1C[C@@H]2COC[C@@H](C2)C1. The fourth-order valence-corrected chi connectivity index (χ4v) is 2.42. The average Bonchev–Trinajstić information content (AvgIpc) is 2.03. The number of rotatable bonds is 1. The van der Waals surface area contributed by atoms with Crippen LogP contribution in [0.25, 0.3) is 0 Å². The molecular weight excluding hydrogens is 150 g/mol. The maximum Gasteiger partial charge on any atom is 0.0506 e. The molecule has 2 fully saturated rings. The van der Waals surface area contributed by atoms with E-state index in [9.17, 15) is 0 Å². The Balaban J connectivity index is 1.96. The lowest BCUT2D eigenvalue weighted by molar-refractivity contribution is -0.0479. The molecule has 0 N–H and O–H groups in total. The molecular formula is C10H19NO. The molecule has 2 aliphatic heterocycles. The largest absolute Gasteiger partial charge is 0.381 e. The van der Waals surface area contributed by atoms with E-state index in [-0.39, 0.29) is 0 Å². The van der Waals surface area contributed by atoms with Gasteiger partial charge >= 0.3 is 0 Å². The van der Waals surface area contributed by atoms with Crippen LogP contribution in [0, 0.1) is 11.8 Å². The summed E-state index contributed by atoms with van der Waals surface area (Å²) < 4.78 is 5.54. The summed E-state index contributed by atoms with van der Waals surface area (Å²) in [7, 11) is 0. The molecule has 2 heteroatoms. The van der Waals surface area contributed by atoms with Gasteiger partial charge in [-0.25, -0.2) is 0 Å². The van der Waals surface area contributed by atoms with E-state index in [1.54, 1.807) is 0 Å². The summed E-state index contributed by atoms with van der Waals surface area (Å²) in [5, 5.41) is 0. The Morgan fingerprint density at radius 3 is 2.25 bits per heavy atom. The van der Waals surface area contributed by atoms with Crippen molar-refractivity contribution >= 4 is 0 Å². The molecule has 0 aromatic heterocycles. The smallest absolute Gasteiger partial charge is 0.0506 e. The molecule has 2 heterocycles. The first-order valence-corrected chi connectivity index (χ1v) is 5.07. The second-order valence-corrected chi connectivity index (χ2v) is 4.55. The van der Waals surface area contributed by atoms with E-state index >= 15 is 0 Å². The first-order chi connectivity index (χ1) is 5.75. The van der Waals surface area contributed by atoms with Crippen LogP contribution in [0.3, 0.4) is 0 Å². The zero-order valence-corrected chi connectivity index (χ0v) is 8.12. The second-order valence-electron chi connectivity index (χ2n) is 4.55.